The monoisotopic (exact) mass is 485 g/mol. The van der Waals surface area contributed by atoms with Crippen LogP contribution in [0, 0.1) is 5.95 Å². The molecule has 4 N–H and O–H groups in total. The zero-order chi connectivity index (χ0) is 23.1. The van der Waals surface area contributed by atoms with E-state index < -0.39 is 67.7 Å². The fraction of sp³-hybridized carbons (Fsp3) is 0.600. The van der Waals surface area contributed by atoms with Crippen molar-refractivity contribution in [2.75, 3.05) is 13.7 Å². The van der Waals surface area contributed by atoms with Gasteiger partial charge in [0.25, 0.3) is 5.91 Å². The fourth-order valence-electron chi connectivity index (χ4n) is 3.27. The summed E-state index contributed by atoms with van der Waals surface area (Å²) < 4.78 is 52.3. The Balaban J connectivity index is 1.86. The third-order valence-electron chi connectivity index (χ3n) is 4.94. The van der Waals surface area contributed by atoms with Crippen molar-refractivity contribution in [1.29, 1.82) is 0 Å². The highest BCUT2D eigenvalue weighted by Gasteiger charge is 2.55. The lowest BCUT2D eigenvalue weighted by atomic mass is 10.1. The van der Waals surface area contributed by atoms with Crippen LogP contribution in [0.5, 0.6) is 0 Å². The van der Waals surface area contributed by atoms with Gasteiger partial charge in [0.1, 0.15) is 12.2 Å². The van der Waals surface area contributed by atoms with Crippen LogP contribution in [-0.4, -0.2) is 77.7 Å². The van der Waals surface area contributed by atoms with Crippen molar-refractivity contribution >= 4 is 36.3 Å². The summed E-state index contributed by atoms with van der Waals surface area (Å²) in [6.07, 6.45) is -6.24. The third-order valence-corrected chi connectivity index (χ3v) is 6.70. The highest BCUT2D eigenvalue weighted by atomic mass is 35.5. The molecule has 3 rings (SSSR count). The van der Waals surface area contributed by atoms with Crippen LogP contribution in [0.15, 0.2) is 6.33 Å². The van der Waals surface area contributed by atoms with E-state index in [1.54, 1.807) is 0 Å². The molecular formula is C15H19ClF2N5O7P. The van der Waals surface area contributed by atoms with Gasteiger partial charge in [-0.15, -0.1) is 0 Å². The van der Waals surface area contributed by atoms with Crippen molar-refractivity contribution in [3.05, 3.63) is 17.6 Å². The molecule has 31 heavy (non-hydrogen) atoms. The van der Waals surface area contributed by atoms with Gasteiger partial charge in [-0.1, -0.05) is 6.92 Å². The number of likely N-dealkylation sites (N-methyl/N-ethyl adjacent to an activating group) is 1. The predicted octanol–water partition coefficient (Wildman–Crippen LogP) is 0.262. The molecule has 1 aliphatic rings. The fourth-order valence-corrected chi connectivity index (χ4v) is 4.46. The second kappa shape index (κ2) is 8.62. The molecule has 3 heterocycles. The number of carbonyl (C=O) groups is 1. The van der Waals surface area contributed by atoms with Crippen LogP contribution in [-0.2, 0) is 18.8 Å². The summed E-state index contributed by atoms with van der Waals surface area (Å²) >= 11 is 5.64. The van der Waals surface area contributed by atoms with Gasteiger partial charge < -0.3 is 29.7 Å². The van der Waals surface area contributed by atoms with Crippen LogP contribution in [0.1, 0.15) is 19.6 Å². The maximum atomic E-state index is 14.8. The van der Waals surface area contributed by atoms with Crippen LogP contribution < -0.4 is 5.32 Å². The van der Waals surface area contributed by atoms with Crippen molar-refractivity contribution < 1.29 is 42.5 Å². The second-order valence-electron chi connectivity index (χ2n) is 6.68. The first-order valence-electron chi connectivity index (χ1n) is 8.91. The molecule has 1 unspecified atom stereocenters. The Hall–Kier alpha value is -1.80. The Labute approximate surface area is 178 Å². The zero-order valence-corrected chi connectivity index (χ0v) is 17.8. The van der Waals surface area contributed by atoms with Crippen molar-refractivity contribution in [1.82, 2.24) is 24.8 Å². The lowest BCUT2D eigenvalue weighted by Gasteiger charge is -2.32. The van der Waals surface area contributed by atoms with Gasteiger partial charge in [-0.25, -0.2) is 9.37 Å². The number of nitrogens with one attached hydrogen (secondary N) is 1. The van der Waals surface area contributed by atoms with Crippen molar-refractivity contribution in [2.24, 2.45) is 0 Å². The Morgan fingerprint density at radius 3 is 2.74 bits per heavy atom. The summed E-state index contributed by atoms with van der Waals surface area (Å²) in [5, 5.41) is 9.33. The van der Waals surface area contributed by atoms with Crippen LogP contribution >= 0.6 is 19.2 Å². The van der Waals surface area contributed by atoms with E-state index in [1.807, 2.05) is 0 Å². The number of aromatic nitrogens is 4. The van der Waals surface area contributed by atoms with Crippen molar-refractivity contribution in [3.8, 4) is 0 Å². The number of fused-ring (bicyclic) bond motifs is 1. The summed E-state index contributed by atoms with van der Waals surface area (Å²) in [6.45, 7) is 0.581. The number of ether oxygens (including phenoxy) is 2. The van der Waals surface area contributed by atoms with Gasteiger partial charge in [-0.2, -0.15) is 14.4 Å². The molecule has 0 radical (unpaired) electrons. The SMILES string of the molecule is CCC(OC[C@H]1O[C@@H](n2cnc3c(F)nc(Cl)nc32)[C@@H](F)[C@@H]1O)(C(=O)NC)P(=O)(O)O. The average molecular weight is 486 g/mol. The number of alkyl halides is 1. The van der Waals surface area contributed by atoms with E-state index in [-0.39, 0.29) is 11.2 Å². The van der Waals surface area contributed by atoms with E-state index in [1.165, 1.54) is 6.92 Å². The first-order valence-corrected chi connectivity index (χ1v) is 10.9. The standard InChI is InChI=1S/C15H19ClF2N5O7P/c1-3-15(13(25)19-2,31(26,27)28)29-4-6-9(24)7(17)12(30-6)23-5-20-8-10(18)21-14(16)22-11(8)23/h5-7,9,12,24H,3-4H2,1-2H3,(H,19,25)(H2,26,27,28)/t6-,7+,9-,12-,15?/m1/s1. The summed E-state index contributed by atoms with van der Waals surface area (Å²) in [4.78, 5) is 42.3. The topological polar surface area (TPSA) is 169 Å². The van der Waals surface area contributed by atoms with Gasteiger partial charge in [0.05, 0.1) is 12.9 Å². The van der Waals surface area contributed by atoms with Gasteiger partial charge >= 0.3 is 7.60 Å². The van der Waals surface area contributed by atoms with E-state index in [0.29, 0.717) is 0 Å². The molecule has 1 aliphatic heterocycles. The van der Waals surface area contributed by atoms with Gasteiger partial charge in [0, 0.05) is 7.05 Å². The molecule has 0 spiro atoms. The number of hydrogen-bond donors (Lipinski definition) is 4. The van der Waals surface area contributed by atoms with Gasteiger partial charge in [0.15, 0.2) is 23.6 Å². The third kappa shape index (κ3) is 4.04. The predicted molar refractivity (Wildman–Crippen MR) is 100 cm³/mol. The van der Waals surface area contributed by atoms with E-state index >= 15 is 0 Å². The average Bonchev–Trinajstić information content (AvgIpc) is 3.23. The lowest BCUT2D eigenvalue weighted by Crippen LogP contribution is -2.49. The molecule has 1 fully saturated rings. The van der Waals surface area contributed by atoms with Gasteiger partial charge in [-0.05, 0) is 18.0 Å². The Bertz CT molecular complexity index is 1040. The number of carbonyl (C=O) groups excluding carboxylic acids is 1. The van der Waals surface area contributed by atoms with Crippen molar-refractivity contribution in [3.63, 3.8) is 0 Å². The quantitative estimate of drug-likeness (QED) is 0.242. The minimum atomic E-state index is -5.13. The van der Waals surface area contributed by atoms with E-state index in [9.17, 15) is 33.0 Å². The molecule has 2 aromatic rings. The highest BCUT2D eigenvalue weighted by molar-refractivity contribution is 7.54. The molecule has 172 valence electrons. The number of halogens is 3. The summed E-state index contributed by atoms with van der Waals surface area (Å²) in [6, 6.07) is 0. The maximum absolute atomic E-state index is 14.8. The number of hydrogen-bond acceptors (Lipinski definition) is 8. The summed E-state index contributed by atoms with van der Waals surface area (Å²) in [5.41, 5.74) is -0.497. The molecule has 0 bridgehead atoms. The lowest BCUT2D eigenvalue weighted by molar-refractivity contribution is -0.146. The number of amides is 1. The normalized spacial score (nSPS) is 26.2. The molecule has 0 saturated carbocycles. The Morgan fingerprint density at radius 2 is 2.16 bits per heavy atom. The van der Waals surface area contributed by atoms with Crippen molar-refractivity contribution in [2.45, 2.75) is 43.3 Å². The molecule has 0 aromatic carbocycles. The van der Waals surface area contributed by atoms with E-state index in [4.69, 9.17) is 21.1 Å². The Morgan fingerprint density at radius 1 is 1.48 bits per heavy atom. The highest BCUT2D eigenvalue weighted by Crippen LogP contribution is 2.53. The molecule has 16 heteroatoms. The van der Waals surface area contributed by atoms with Crippen LogP contribution in [0.25, 0.3) is 11.2 Å². The smallest absolute Gasteiger partial charge is 0.366 e. The molecule has 0 aliphatic carbocycles. The van der Waals surface area contributed by atoms with Gasteiger partial charge in [0.2, 0.25) is 16.6 Å². The number of rotatable bonds is 7. The second-order valence-corrected chi connectivity index (χ2v) is 8.83. The molecule has 5 atom stereocenters. The molecule has 1 saturated heterocycles. The molecule has 2 aromatic heterocycles. The summed E-state index contributed by atoms with van der Waals surface area (Å²) in [5.74, 6) is -2.13. The van der Waals surface area contributed by atoms with Gasteiger partial charge in [-0.3, -0.25) is 13.9 Å². The van der Waals surface area contributed by atoms with Crippen LogP contribution in [0.3, 0.4) is 0 Å². The van der Waals surface area contributed by atoms with Crippen LogP contribution in [0.4, 0.5) is 8.78 Å². The first-order chi connectivity index (χ1) is 14.5. The maximum Gasteiger partial charge on any atom is 0.366 e. The minimum absolute atomic E-state index is 0.192. The molecule has 1 amide bonds. The van der Waals surface area contributed by atoms with E-state index in [0.717, 1.165) is 17.9 Å². The minimum Gasteiger partial charge on any atom is -0.387 e. The van der Waals surface area contributed by atoms with E-state index in [2.05, 4.69) is 20.3 Å². The first kappa shape index (κ1) is 23.9. The largest absolute Gasteiger partial charge is 0.387 e. The summed E-state index contributed by atoms with van der Waals surface area (Å²) in [7, 11) is -3.97. The molecular weight excluding hydrogens is 467 g/mol. The number of aliphatic hydroxyl groups excluding tert-OH is 1. The number of nitrogens with zero attached hydrogens (tertiary/aromatic N) is 4. The van der Waals surface area contributed by atoms with Crippen LogP contribution in [0.2, 0.25) is 5.28 Å². The number of aliphatic hydroxyl groups is 1. The number of imidazole rings is 1. The Kier molecular flexibility index (Phi) is 6.63. The molecule has 12 nitrogen and oxygen atoms in total. The zero-order valence-electron chi connectivity index (χ0n) is 16.1.